The number of hydrogen-bond donors (Lipinski definition) is 1. The highest BCUT2D eigenvalue weighted by molar-refractivity contribution is 5.95. The van der Waals surface area contributed by atoms with E-state index in [9.17, 15) is 4.79 Å². The highest BCUT2D eigenvalue weighted by atomic mass is 16.5. The monoisotopic (exact) mass is 405 g/mol. The van der Waals surface area contributed by atoms with Crippen molar-refractivity contribution >= 4 is 23.0 Å². The molecule has 30 heavy (non-hydrogen) atoms. The summed E-state index contributed by atoms with van der Waals surface area (Å²) in [5, 5.41) is 2.85. The van der Waals surface area contributed by atoms with E-state index in [1.165, 1.54) is 24.0 Å². The fourth-order valence-electron chi connectivity index (χ4n) is 3.22. The maximum Gasteiger partial charge on any atom is 0.340 e. The van der Waals surface area contributed by atoms with E-state index in [2.05, 4.69) is 69.4 Å². The lowest BCUT2D eigenvalue weighted by Gasteiger charge is -2.23. The Morgan fingerprint density at radius 1 is 1.13 bits per heavy atom. The van der Waals surface area contributed by atoms with Gasteiger partial charge in [0.15, 0.2) is 0 Å². The number of fused-ring (bicyclic) bond motifs is 1. The minimum Gasteiger partial charge on any atom is -0.493 e. The number of ether oxygens (including phenoxy) is 2. The zero-order chi connectivity index (χ0) is 21.3. The Balaban J connectivity index is 0.000000187. The molecule has 0 unspecified atom stereocenters. The van der Waals surface area contributed by atoms with Crippen LogP contribution >= 0.6 is 0 Å². The van der Waals surface area contributed by atoms with Crippen LogP contribution in [0.15, 0.2) is 67.0 Å². The number of nitrogens with one attached hydrogen (secondary N) is 1. The van der Waals surface area contributed by atoms with Crippen molar-refractivity contribution in [2.45, 2.75) is 12.8 Å². The molecule has 0 saturated heterocycles. The predicted molar refractivity (Wildman–Crippen MR) is 120 cm³/mol. The summed E-state index contributed by atoms with van der Waals surface area (Å²) in [7, 11) is 5.16. The van der Waals surface area contributed by atoms with E-state index in [1.54, 1.807) is 25.5 Å². The van der Waals surface area contributed by atoms with Gasteiger partial charge in [-0.15, -0.1) is 0 Å². The molecular formula is C24H27N3O3. The first-order valence-electron chi connectivity index (χ1n) is 9.88. The Bertz CT molecular complexity index is 976. The van der Waals surface area contributed by atoms with Gasteiger partial charge >= 0.3 is 5.97 Å². The molecule has 1 aromatic heterocycles. The number of anilines is 3. The van der Waals surface area contributed by atoms with Crippen molar-refractivity contribution in [1.29, 1.82) is 0 Å². The lowest BCUT2D eigenvalue weighted by Crippen LogP contribution is -2.12. The summed E-state index contributed by atoms with van der Waals surface area (Å²) >= 11 is 0. The van der Waals surface area contributed by atoms with Gasteiger partial charge in [-0.1, -0.05) is 24.3 Å². The number of para-hydroxylation sites is 1. The first kappa shape index (κ1) is 21.2. The molecule has 0 spiro atoms. The number of methoxy groups -OCH3 is 1. The van der Waals surface area contributed by atoms with Gasteiger partial charge in [0.1, 0.15) is 5.75 Å². The normalized spacial score (nSPS) is 11.8. The molecule has 0 amide bonds. The van der Waals surface area contributed by atoms with Crippen LogP contribution in [0.2, 0.25) is 0 Å². The molecule has 0 saturated carbocycles. The minimum absolute atomic E-state index is 0.359. The Morgan fingerprint density at radius 2 is 1.93 bits per heavy atom. The topological polar surface area (TPSA) is 63.7 Å². The summed E-state index contributed by atoms with van der Waals surface area (Å²) in [5.74, 6) is 0.684. The third kappa shape index (κ3) is 5.08. The van der Waals surface area contributed by atoms with Gasteiger partial charge in [0.2, 0.25) is 0 Å². The number of pyridine rings is 1. The Hall–Kier alpha value is -3.54. The number of carbonyl (C=O) groups excluding carboxylic acids is 1. The van der Waals surface area contributed by atoms with E-state index in [1.807, 2.05) is 6.07 Å². The van der Waals surface area contributed by atoms with Crippen molar-refractivity contribution in [3.05, 3.63) is 78.1 Å². The SMILES string of the molecule is CN(c1ccccc1)c1ccc2c(c1)OCCC2.CNc1cnccc1C(=O)OC. The summed E-state index contributed by atoms with van der Waals surface area (Å²) in [6.07, 6.45) is 5.38. The van der Waals surface area contributed by atoms with E-state index >= 15 is 0 Å². The van der Waals surface area contributed by atoms with Crippen LogP contribution in [-0.2, 0) is 11.2 Å². The van der Waals surface area contributed by atoms with Crippen LogP contribution in [0.4, 0.5) is 17.1 Å². The van der Waals surface area contributed by atoms with Crippen molar-refractivity contribution in [2.24, 2.45) is 0 Å². The van der Waals surface area contributed by atoms with Crippen molar-refractivity contribution in [2.75, 3.05) is 38.0 Å². The fraction of sp³-hybridized carbons (Fsp3) is 0.250. The van der Waals surface area contributed by atoms with E-state index in [0.29, 0.717) is 11.3 Å². The highest BCUT2D eigenvalue weighted by Gasteiger charge is 2.12. The Labute approximate surface area is 177 Å². The van der Waals surface area contributed by atoms with Gasteiger partial charge < -0.3 is 19.7 Å². The molecule has 6 nitrogen and oxygen atoms in total. The number of rotatable bonds is 4. The third-order valence-electron chi connectivity index (χ3n) is 4.93. The van der Waals surface area contributed by atoms with Crippen LogP contribution in [0, 0.1) is 0 Å². The molecule has 3 aromatic rings. The van der Waals surface area contributed by atoms with E-state index in [4.69, 9.17) is 4.74 Å². The second-order valence-electron chi connectivity index (χ2n) is 6.80. The van der Waals surface area contributed by atoms with Crippen LogP contribution < -0.4 is 15.0 Å². The zero-order valence-corrected chi connectivity index (χ0v) is 17.6. The summed E-state index contributed by atoms with van der Waals surface area (Å²) in [6.45, 7) is 0.839. The molecule has 6 heteroatoms. The van der Waals surface area contributed by atoms with Gasteiger partial charge in [-0.25, -0.2) is 4.79 Å². The third-order valence-corrected chi connectivity index (χ3v) is 4.93. The van der Waals surface area contributed by atoms with E-state index in [0.717, 1.165) is 25.2 Å². The molecular weight excluding hydrogens is 378 g/mol. The standard InChI is InChI=1S/C16H17NO.C8H10N2O2/c1-17(14-7-3-2-4-8-14)15-10-9-13-6-5-11-18-16(13)12-15;1-9-7-5-10-4-3-6(7)8(11)12-2/h2-4,7-10,12H,5-6,11H2,1H3;3-5,9H,1-2H3. The maximum absolute atomic E-state index is 11.1. The molecule has 0 fully saturated rings. The Kier molecular flexibility index (Phi) is 7.27. The van der Waals surface area contributed by atoms with Crippen molar-refractivity contribution in [1.82, 2.24) is 4.98 Å². The van der Waals surface area contributed by atoms with Crippen LogP contribution in [-0.4, -0.2) is 38.8 Å². The molecule has 0 radical (unpaired) electrons. The second-order valence-corrected chi connectivity index (χ2v) is 6.80. The van der Waals surface area contributed by atoms with Crippen LogP contribution in [0.1, 0.15) is 22.3 Å². The number of aryl methyl sites for hydroxylation is 1. The number of carbonyl (C=O) groups is 1. The lowest BCUT2D eigenvalue weighted by atomic mass is 10.1. The molecule has 0 atom stereocenters. The van der Waals surface area contributed by atoms with Crippen LogP contribution in [0.3, 0.4) is 0 Å². The molecule has 1 N–H and O–H groups in total. The molecule has 4 rings (SSSR count). The van der Waals surface area contributed by atoms with Crippen molar-refractivity contribution in [3.63, 3.8) is 0 Å². The highest BCUT2D eigenvalue weighted by Crippen LogP contribution is 2.32. The van der Waals surface area contributed by atoms with Gasteiger partial charge in [0.05, 0.1) is 31.2 Å². The molecule has 1 aliphatic rings. The van der Waals surface area contributed by atoms with Gasteiger partial charge in [0, 0.05) is 37.7 Å². The number of benzene rings is 2. The zero-order valence-electron chi connectivity index (χ0n) is 17.6. The van der Waals surface area contributed by atoms with Crippen molar-refractivity contribution in [3.8, 4) is 5.75 Å². The second kappa shape index (κ2) is 10.3. The largest absolute Gasteiger partial charge is 0.493 e. The average molecular weight is 405 g/mol. The summed E-state index contributed by atoms with van der Waals surface area (Å²) < 4.78 is 10.3. The summed E-state index contributed by atoms with van der Waals surface area (Å²) in [6, 6.07) is 18.5. The molecule has 156 valence electrons. The van der Waals surface area contributed by atoms with E-state index < -0.39 is 0 Å². The van der Waals surface area contributed by atoms with Gasteiger partial charge in [-0.05, 0) is 42.7 Å². The smallest absolute Gasteiger partial charge is 0.340 e. The molecule has 2 heterocycles. The maximum atomic E-state index is 11.1. The van der Waals surface area contributed by atoms with Gasteiger partial charge in [-0.2, -0.15) is 0 Å². The summed E-state index contributed by atoms with van der Waals surface area (Å²) in [4.78, 5) is 17.1. The average Bonchev–Trinajstić information content (AvgIpc) is 2.83. The number of hydrogen-bond acceptors (Lipinski definition) is 6. The predicted octanol–water partition coefficient (Wildman–Crippen LogP) is 4.69. The van der Waals surface area contributed by atoms with Crippen molar-refractivity contribution < 1.29 is 14.3 Å². The molecule has 0 bridgehead atoms. The fourth-order valence-corrected chi connectivity index (χ4v) is 3.22. The summed E-state index contributed by atoms with van der Waals surface area (Å²) in [5.41, 5.74) is 4.85. The minimum atomic E-state index is -0.359. The lowest BCUT2D eigenvalue weighted by molar-refractivity contribution is 0.0601. The van der Waals surface area contributed by atoms with E-state index in [-0.39, 0.29) is 5.97 Å². The molecule has 1 aliphatic heterocycles. The van der Waals surface area contributed by atoms with Crippen LogP contribution in [0.5, 0.6) is 5.75 Å². The van der Waals surface area contributed by atoms with Gasteiger partial charge in [0.25, 0.3) is 0 Å². The molecule has 0 aliphatic carbocycles. The number of esters is 1. The number of aromatic nitrogens is 1. The van der Waals surface area contributed by atoms with Crippen LogP contribution in [0.25, 0.3) is 0 Å². The first-order valence-corrected chi connectivity index (χ1v) is 9.88. The quantitative estimate of drug-likeness (QED) is 0.636. The Morgan fingerprint density at radius 3 is 2.67 bits per heavy atom. The molecule has 2 aromatic carbocycles. The first-order chi connectivity index (χ1) is 14.6. The van der Waals surface area contributed by atoms with Gasteiger partial charge in [-0.3, -0.25) is 4.98 Å². The number of nitrogens with zero attached hydrogens (tertiary/aromatic N) is 2.